The fraction of sp³-hybridized carbons (Fsp3) is 0.0714. The highest BCUT2D eigenvalue weighted by Gasteiger charge is 2.11. The van der Waals surface area contributed by atoms with Crippen molar-refractivity contribution < 1.29 is 15.0 Å². The molecule has 0 atom stereocenters. The van der Waals surface area contributed by atoms with Crippen LogP contribution in [0.25, 0.3) is 0 Å². The number of carbonyl (C=O) groups is 1. The van der Waals surface area contributed by atoms with Crippen LogP contribution in [-0.4, -0.2) is 32.7 Å². The van der Waals surface area contributed by atoms with Gasteiger partial charge in [0.1, 0.15) is 18.2 Å². The Hall–Kier alpha value is -2.91. The first kappa shape index (κ1) is 13.5. The number of aromatic nitrogens is 2. The van der Waals surface area contributed by atoms with Crippen molar-refractivity contribution in [3.8, 4) is 17.6 Å². The fourth-order valence-corrected chi connectivity index (χ4v) is 1.48. The molecule has 6 nitrogen and oxygen atoms in total. The number of carbonyl (C=O) groups excluding carboxylic acids is 1. The summed E-state index contributed by atoms with van der Waals surface area (Å²) in [6.45, 7) is -0.241. The van der Waals surface area contributed by atoms with Crippen molar-refractivity contribution in [2.45, 2.75) is 0 Å². The molecule has 0 spiro atoms. The number of hydrogen-bond donors (Lipinski definition) is 3. The first-order chi connectivity index (χ1) is 9.70. The van der Waals surface area contributed by atoms with Crippen molar-refractivity contribution in [2.24, 2.45) is 0 Å². The summed E-state index contributed by atoms with van der Waals surface area (Å²) in [5.74, 6) is 4.81. The largest absolute Gasteiger partial charge is 0.505 e. The second-order valence-electron chi connectivity index (χ2n) is 3.74. The lowest BCUT2D eigenvalue weighted by molar-refractivity contribution is 0.102. The molecule has 0 aromatic carbocycles. The van der Waals surface area contributed by atoms with Gasteiger partial charge in [-0.1, -0.05) is 11.8 Å². The Morgan fingerprint density at radius 2 is 2.20 bits per heavy atom. The molecular formula is C14H11N3O3. The molecule has 0 saturated carbocycles. The van der Waals surface area contributed by atoms with Crippen molar-refractivity contribution in [2.75, 3.05) is 11.9 Å². The monoisotopic (exact) mass is 269 g/mol. The van der Waals surface area contributed by atoms with Crippen LogP contribution in [0, 0.1) is 11.8 Å². The Balaban J connectivity index is 2.18. The third-order valence-corrected chi connectivity index (χ3v) is 2.36. The number of anilines is 1. The molecule has 0 unspecified atom stereocenters. The average molecular weight is 269 g/mol. The Labute approximate surface area is 115 Å². The Morgan fingerprint density at radius 3 is 2.95 bits per heavy atom. The maximum atomic E-state index is 11.9. The first-order valence-corrected chi connectivity index (χ1v) is 5.71. The number of hydrogen-bond acceptors (Lipinski definition) is 5. The van der Waals surface area contributed by atoms with Gasteiger partial charge in [0.2, 0.25) is 0 Å². The summed E-state index contributed by atoms with van der Waals surface area (Å²) in [4.78, 5) is 19.6. The number of nitrogens with one attached hydrogen (secondary N) is 1. The van der Waals surface area contributed by atoms with Crippen LogP contribution in [0.2, 0.25) is 0 Å². The number of pyridine rings is 2. The van der Waals surface area contributed by atoms with Gasteiger partial charge in [-0.15, -0.1) is 0 Å². The summed E-state index contributed by atoms with van der Waals surface area (Å²) >= 11 is 0. The van der Waals surface area contributed by atoms with Crippen LogP contribution >= 0.6 is 0 Å². The smallest absolute Gasteiger partial charge is 0.260 e. The van der Waals surface area contributed by atoms with Gasteiger partial charge >= 0.3 is 0 Å². The van der Waals surface area contributed by atoms with Crippen molar-refractivity contribution >= 4 is 11.7 Å². The van der Waals surface area contributed by atoms with Gasteiger partial charge in [-0.3, -0.25) is 9.78 Å². The summed E-state index contributed by atoms with van der Waals surface area (Å²) in [5, 5.41) is 20.7. The number of aromatic hydroxyl groups is 1. The predicted octanol–water partition coefficient (Wildman–Crippen LogP) is 0.778. The van der Waals surface area contributed by atoms with Gasteiger partial charge in [0.25, 0.3) is 5.91 Å². The summed E-state index contributed by atoms with van der Waals surface area (Å²) in [5.41, 5.74) is 0.719. The zero-order valence-corrected chi connectivity index (χ0v) is 10.4. The maximum absolute atomic E-state index is 11.9. The van der Waals surface area contributed by atoms with Crippen LogP contribution in [0.15, 0.2) is 36.8 Å². The normalized spacial score (nSPS) is 9.45. The number of amides is 1. The van der Waals surface area contributed by atoms with Gasteiger partial charge in [0.05, 0.1) is 11.8 Å². The molecule has 0 bridgehead atoms. The standard InChI is InChI=1S/C14H11N3O3/c18-7-1-2-10-3-6-16-13(8-10)17-14(20)11-4-5-15-9-12(11)19/h3-6,8-9,18-19H,7H2,(H,16,17,20). The van der Waals surface area contributed by atoms with E-state index in [0.717, 1.165) is 0 Å². The zero-order valence-electron chi connectivity index (χ0n) is 10.4. The molecule has 0 fully saturated rings. The minimum Gasteiger partial charge on any atom is -0.505 e. The topological polar surface area (TPSA) is 95.3 Å². The lowest BCUT2D eigenvalue weighted by Crippen LogP contribution is -2.13. The fourth-order valence-electron chi connectivity index (χ4n) is 1.48. The van der Waals surface area contributed by atoms with Crippen LogP contribution in [0.3, 0.4) is 0 Å². The third kappa shape index (κ3) is 3.31. The Bertz CT molecular complexity index is 689. The van der Waals surface area contributed by atoms with E-state index in [0.29, 0.717) is 11.4 Å². The van der Waals surface area contributed by atoms with Gasteiger partial charge < -0.3 is 15.5 Å². The molecule has 20 heavy (non-hydrogen) atoms. The number of nitrogens with zero attached hydrogens (tertiary/aromatic N) is 2. The molecule has 0 saturated heterocycles. The molecule has 2 aromatic heterocycles. The third-order valence-electron chi connectivity index (χ3n) is 2.36. The maximum Gasteiger partial charge on any atom is 0.260 e. The van der Waals surface area contributed by atoms with E-state index in [4.69, 9.17) is 5.11 Å². The van der Waals surface area contributed by atoms with Gasteiger partial charge in [-0.25, -0.2) is 4.98 Å². The second kappa shape index (κ2) is 6.31. The van der Waals surface area contributed by atoms with Crippen molar-refractivity contribution in [3.63, 3.8) is 0 Å². The van der Waals surface area contributed by atoms with E-state index in [1.54, 1.807) is 12.1 Å². The molecule has 2 rings (SSSR count). The summed E-state index contributed by atoms with van der Waals surface area (Å²) < 4.78 is 0. The van der Waals surface area contributed by atoms with Crippen LogP contribution in [-0.2, 0) is 0 Å². The van der Waals surface area contributed by atoms with Gasteiger partial charge in [0, 0.05) is 18.0 Å². The summed E-state index contributed by atoms with van der Waals surface area (Å²) in [6, 6.07) is 4.63. The van der Waals surface area contributed by atoms with E-state index in [-0.39, 0.29) is 17.9 Å². The van der Waals surface area contributed by atoms with E-state index >= 15 is 0 Å². The Kier molecular flexibility index (Phi) is 4.27. The van der Waals surface area contributed by atoms with Gasteiger partial charge in [0.15, 0.2) is 0 Å². The average Bonchev–Trinajstić information content (AvgIpc) is 2.46. The van der Waals surface area contributed by atoms with Crippen LogP contribution in [0.5, 0.6) is 5.75 Å². The molecule has 1 amide bonds. The number of rotatable bonds is 2. The molecule has 3 N–H and O–H groups in total. The van der Waals surface area contributed by atoms with Crippen molar-refractivity contribution in [3.05, 3.63) is 47.9 Å². The molecule has 100 valence electrons. The quantitative estimate of drug-likeness (QED) is 0.700. The zero-order chi connectivity index (χ0) is 14.4. The van der Waals surface area contributed by atoms with Crippen molar-refractivity contribution in [1.29, 1.82) is 0 Å². The molecule has 2 aromatic rings. The predicted molar refractivity (Wildman–Crippen MR) is 72.1 cm³/mol. The van der Waals surface area contributed by atoms with E-state index < -0.39 is 5.91 Å². The minimum absolute atomic E-state index is 0.105. The van der Waals surface area contributed by atoms with E-state index in [1.165, 1.54) is 24.7 Å². The van der Waals surface area contributed by atoms with Crippen LogP contribution < -0.4 is 5.32 Å². The number of aliphatic hydroxyl groups excluding tert-OH is 1. The summed E-state index contributed by atoms with van der Waals surface area (Å²) in [7, 11) is 0. The van der Waals surface area contributed by atoms with Crippen LogP contribution in [0.4, 0.5) is 5.82 Å². The van der Waals surface area contributed by atoms with E-state index in [2.05, 4.69) is 27.1 Å². The first-order valence-electron chi connectivity index (χ1n) is 5.71. The van der Waals surface area contributed by atoms with Gasteiger partial charge in [-0.05, 0) is 18.2 Å². The van der Waals surface area contributed by atoms with E-state index in [1.807, 2.05) is 0 Å². The molecule has 6 heteroatoms. The molecule has 0 aliphatic rings. The lowest BCUT2D eigenvalue weighted by atomic mass is 10.2. The lowest BCUT2D eigenvalue weighted by Gasteiger charge is -2.05. The highest BCUT2D eigenvalue weighted by atomic mass is 16.3. The summed E-state index contributed by atoms with van der Waals surface area (Å²) in [6.07, 6.45) is 4.08. The number of aliphatic hydroxyl groups is 1. The SMILES string of the molecule is O=C(Nc1cc(C#CCO)ccn1)c1ccncc1O. The van der Waals surface area contributed by atoms with E-state index in [9.17, 15) is 9.90 Å². The van der Waals surface area contributed by atoms with Crippen molar-refractivity contribution in [1.82, 2.24) is 9.97 Å². The molecule has 0 aliphatic carbocycles. The molecular weight excluding hydrogens is 258 g/mol. The Morgan fingerprint density at radius 1 is 1.35 bits per heavy atom. The van der Waals surface area contributed by atoms with Crippen LogP contribution in [0.1, 0.15) is 15.9 Å². The highest BCUT2D eigenvalue weighted by molar-refractivity contribution is 6.05. The minimum atomic E-state index is -0.496. The molecule has 2 heterocycles. The second-order valence-corrected chi connectivity index (χ2v) is 3.74. The molecule has 0 aliphatic heterocycles. The highest BCUT2D eigenvalue weighted by Crippen LogP contribution is 2.16. The molecule has 0 radical (unpaired) electrons. The van der Waals surface area contributed by atoms with Gasteiger partial charge in [-0.2, -0.15) is 0 Å².